The maximum atomic E-state index is 13.3. The zero-order valence-corrected chi connectivity index (χ0v) is 12.9. The van der Waals surface area contributed by atoms with Crippen molar-refractivity contribution in [2.75, 3.05) is 11.9 Å². The van der Waals surface area contributed by atoms with Gasteiger partial charge in [-0.05, 0) is 36.4 Å². The highest BCUT2D eigenvalue weighted by Crippen LogP contribution is 2.16. The smallest absolute Gasteiger partial charge is 0.326 e. The number of para-hydroxylation sites is 1. The fourth-order valence-electron chi connectivity index (χ4n) is 1.56. The molecule has 0 aliphatic carbocycles. The summed E-state index contributed by atoms with van der Waals surface area (Å²) >= 11 is 3.28. The molecular formula is C15H12BrFN2O3. The van der Waals surface area contributed by atoms with Crippen LogP contribution in [0.2, 0.25) is 0 Å². The Balaban J connectivity index is 1.80. The number of carbonyl (C=O) groups excluding carboxylic acids is 2. The molecule has 7 heteroatoms. The van der Waals surface area contributed by atoms with Gasteiger partial charge in [0.1, 0.15) is 11.6 Å². The van der Waals surface area contributed by atoms with Crippen molar-refractivity contribution in [3.63, 3.8) is 0 Å². The maximum Gasteiger partial charge on any atom is 0.326 e. The predicted molar refractivity (Wildman–Crippen MR) is 83.2 cm³/mol. The summed E-state index contributed by atoms with van der Waals surface area (Å²) in [5.74, 6) is -0.735. The van der Waals surface area contributed by atoms with Gasteiger partial charge in [-0.2, -0.15) is 0 Å². The highest BCUT2D eigenvalue weighted by Gasteiger charge is 2.10. The van der Waals surface area contributed by atoms with E-state index in [1.807, 2.05) is 5.32 Å². The molecule has 0 aliphatic rings. The molecule has 0 heterocycles. The number of amides is 3. The minimum atomic E-state index is -0.825. The van der Waals surface area contributed by atoms with Crippen molar-refractivity contribution >= 4 is 33.6 Å². The quantitative estimate of drug-likeness (QED) is 0.871. The molecule has 0 saturated carbocycles. The number of hydrogen-bond donors (Lipinski definition) is 2. The molecule has 0 aromatic heterocycles. The van der Waals surface area contributed by atoms with E-state index in [2.05, 4.69) is 21.2 Å². The molecule has 2 rings (SSSR count). The summed E-state index contributed by atoms with van der Waals surface area (Å²) in [6.45, 7) is -0.327. The first-order chi connectivity index (χ1) is 10.5. The van der Waals surface area contributed by atoms with Gasteiger partial charge in [-0.15, -0.1) is 0 Å². The molecule has 2 aromatic carbocycles. The number of urea groups is 1. The van der Waals surface area contributed by atoms with Crippen LogP contribution < -0.4 is 15.4 Å². The second kappa shape index (κ2) is 7.56. The van der Waals surface area contributed by atoms with Crippen LogP contribution in [0.15, 0.2) is 53.0 Å². The van der Waals surface area contributed by atoms with Crippen LogP contribution in [-0.2, 0) is 4.79 Å². The van der Waals surface area contributed by atoms with Crippen LogP contribution >= 0.6 is 15.9 Å². The minimum Gasteiger partial charge on any atom is -0.484 e. The molecule has 0 fully saturated rings. The summed E-state index contributed by atoms with van der Waals surface area (Å²) in [5.41, 5.74) is -0.0124. The molecule has 22 heavy (non-hydrogen) atoms. The number of rotatable bonds is 4. The Hall–Kier alpha value is -2.41. The average molecular weight is 367 g/mol. The number of ether oxygens (including phenoxy) is 1. The molecule has 3 amide bonds. The normalized spacial score (nSPS) is 9.91. The van der Waals surface area contributed by atoms with E-state index in [1.54, 1.807) is 30.3 Å². The monoisotopic (exact) mass is 366 g/mol. The van der Waals surface area contributed by atoms with Crippen LogP contribution in [0.1, 0.15) is 0 Å². The molecule has 0 saturated heterocycles. The summed E-state index contributed by atoms with van der Waals surface area (Å²) in [6.07, 6.45) is 0. The van der Waals surface area contributed by atoms with Crippen LogP contribution in [0, 0.1) is 5.82 Å². The van der Waals surface area contributed by atoms with Gasteiger partial charge in [0.05, 0.1) is 5.69 Å². The van der Waals surface area contributed by atoms with Crippen LogP contribution in [0.4, 0.5) is 14.9 Å². The number of carbonyl (C=O) groups is 2. The zero-order valence-electron chi connectivity index (χ0n) is 11.3. The van der Waals surface area contributed by atoms with E-state index in [1.165, 1.54) is 18.2 Å². The maximum absolute atomic E-state index is 13.3. The Labute approximate surface area is 134 Å². The number of nitrogens with one attached hydrogen (secondary N) is 2. The fraction of sp³-hybridized carbons (Fsp3) is 0.0667. The number of anilines is 1. The van der Waals surface area contributed by atoms with E-state index in [0.717, 1.165) is 4.47 Å². The van der Waals surface area contributed by atoms with Crippen molar-refractivity contribution in [3.05, 3.63) is 58.8 Å². The van der Waals surface area contributed by atoms with Crippen molar-refractivity contribution in [3.8, 4) is 5.75 Å². The molecule has 0 aliphatic heterocycles. The van der Waals surface area contributed by atoms with Gasteiger partial charge in [0.15, 0.2) is 6.61 Å². The summed E-state index contributed by atoms with van der Waals surface area (Å²) in [6, 6.07) is 11.7. The second-order valence-electron chi connectivity index (χ2n) is 4.22. The largest absolute Gasteiger partial charge is 0.484 e. The molecule has 0 spiro atoms. The lowest BCUT2D eigenvalue weighted by Crippen LogP contribution is -2.37. The van der Waals surface area contributed by atoms with Gasteiger partial charge in [-0.25, -0.2) is 9.18 Å². The molecule has 0 atom stereocenters. The van der Waals surface area contributed by atoms with E-state index >= 15 is 0 Å². The average Bonchev–Trinajstić information content (AvgIpc) is 2.49. The van der Waals surface area contributed by atoms with E-state index < -0.39 is 17.8 Å². The van der Waals surface area contributed by atoms with Gasteiger partial charge in [-0.1, -0.05) is 28.1 Å². The first-order valence-electron chi connectivity index (χ1n) is 6.28. The summed E-state index contributed by atoms with van der Waals surface area (Å²) < 4.78 is 19.4. The summed E-state index contributed by atoms with van der Waals surface area (Å²) in [5, 5.41) is 4.29. The number of hydrogen-bond acceptors (Lipinski definition) is 3. The Morgan fingerprint density at radius 1 is 1.09 bits per heavy atom. The van der Waals surface area contributed by atoms with Crippen LogP contribution in [-0.4, -0.2) is 18.5 Å². The first-order valence-corrected chi connectivity index (χ1v) is 7.07. The lowest BCUT2D eigenvalue weighted by atomic mass is 10.3. The first kappa shape index (κ1) is 16.0. The summed E-state index contributed by atoms with van der Waals surface area (Å²) in [4.78, 5) is 23.1. The highest BCUT2D eigenvalue weighted by molar-refractivity contribution is 9.10. The van der Waals surface area contributed by atoms with E-state index in [0.29, 0.717) is 5.75 Å². The standard InChI is InChI=1S/C15H12BrFN2O3/c16-10-5-7-11(8-6-10)22-9-14(20)19-15(21)18-13-4-2-1-3-12(13)17/h1-8H,9H2,(H2,18,19,20,21). The number of halogens is 2. The third-order valence-corrected chi connectivity index (χ3v) is 3.09. The Morgan fingerprint density at radius 3 is 2.45 bits per heavy atom. The van der Waals surface area contributed by atoms with E-state index in [9.17, 15) is 14.0 Å². The van der Waals surface area contributed by atoms with Gasteiger partial charge in [0.25, 0.3) is 5.91 Å². The van der Waals surface area contributed by atoms with Crippen molar-refractivity contribution in [1.29, 1.82) is 0 Å². The number of benzene rings is 2. The van der Waals surface area contributed by atoms with Crippen LogP contribution in [0.25, 0.3) is 0 Å². The lowest BCUT2D eigenvalue weighted by molar-refractivity contribution is -0.121. The van der Waals surface area contributed by atoms with Gasteiger partial charge in [-0.3, -0.25) is 10.1 Å². The van der Waals surface area contributed by atoms with Gasteiger partial charge >= 0.3 is 6.03 Å². The van der Waals surface area contributed by atoms with Gasteiger partial charge < -0.3 is 10.1 Å². The van der Waals surface area contributed by atoms with E-state index in [4.69, 9.17) is 4.74 Å². The van der Waals surface area contributed by atoms with Gasteiger partial charge in [0.2, 0.25) is 0 Å². The van der Waals surface area contributed by atoms with Crippen LogP contribution in [0.3, 0.4) is 0 Å². The topological polar surface area (TPSA) is 67.4 Å². The highest BCUT2D eigenvalue weighted by atomic mass is 79.9. The van der Waals surface area contributed by atoms with Crippen molar-refractivity contribution in [1.82, 2.24) is 5.32 Å². The van der Waals surface area contributed by atoms with Gasteiger partial charge in [0, 0.05) is 4.47 Å². The zero-order chi connectivity index (χ0) is 15.9. The molecular weight excluding hydrogens is 355 g/mol. The molecule has 5 nitrogen and oxygen atoms in total. The Kier molecular flexibility index (Phi) is 5.48. The third-order valence-electron chi connectivity index (χ3n) is 2.56. The predicted octanol–water partition coefficient (Wildman–Crippen LogP) is 3.32. The SMILES string of the molecule is O=C(COc1ccc(Br)cc1)NC(=O)Nc1ccccc1F. The molecule has 0 radical (unpaired) electrons. The van der Waals surface area contributed by atoms with Crippen LogP contribution in [0.5, 0.6) is 5.75 Å². The molecule has 2 N–H and O–H groups in total. The molecule has 2 aromatic rings. The van der Waals surface area contributed by atoms with Crippen molar-refractivity contribution in [2.45, 2.75) is 0 Å². The minimum absolute atomic E-state index is 0.0124. The summed E-state index contributed by atoms with van der Waals surface area (Å²) in [7, 11) is 0. The second-order valence-corrected chi connectivity index (χ2v) is 5.14. The third kappa shape index (κ3) is 4.85. The molecule has 0 unspecified atom stereocenters. The Morgan fingerprint density at radius 2 is 1.77 bits per heavy atom. The van der Waals surface area contributed by atoms with Crippen molar-refractivity contribution in [2.24, 2.45) is 0 Å². The molecule has 0 bridgehead atoms. The molecule has 114 valence electrons. The lowest BCUT2D eigenvalue weighted by Gasteiger charge is -2.08. The van der Waals surface area contributed by atoms with E-state index in [-0.39, 0.29) is 12.3 Å². The van der Waals surface area contributed by atoms with Crippen molar-refractivity contribution < 1.29 is 18.7 Å². The number of imide groups is 1. The fourth-order valence-corrected chi connectivity index (χ4v) is 1.82. The Bertz CT molecular complexity index is 677.